The summed E-state index contributed by atoms with van der Waals surface area (Å²) < 4.78 is 19.7. The molecule has 0 aliphatic carbocycles. The van der Waals surface area contributed by atoms with Crippen molar-refractivity contribution in [3.63, 3.8) is 0 Å². The summed E-state index contributed by atoms with van der Waals surface area (Å²) >= 11 is 6.14. The van der Waals surface area contributed by atoms with Crippen LogP contribution in [0.2, 0.25) is 5.02 Å². The van der Waals surface area contributed by atoms with Crippen LogP contribution in [0, 0.1) is 11.3 Å². The number of halogens is 1. The van der Waals surface area contributed by atoms with Gasteiger partial charge in [0.25, 0.3) is 0 Å². The van der Waals surface area contributed by atoms with Crippen LogP contribution in [0.4, 0.5) is 4.79 Å². The molecule has 20 heavy (non-hydrogen) atoms. The molecule has 7 heteroatoms. The van der Waals surface area contributed by atoms with E-state index in [1.54, 1.807) is 13.0 Å². The van der Waals surface area contributed by atoms with E-state index >= 15 is 0 Å². The molecule has 1 unspecified atom stereocenters. The molecular weight excluding hydrogens is 286 g/mol. The van der Waals surface area contributed by atoms with Crippen molar-refractivity contribution in [1.82, 2.24) is 0 Å². The fourth-order valence-electron chi connectivity index (χ4n) is 1.51. The molecule has 0 bridgehead atoms. The Hall–Kier alpha value is -2.13. The number of nitriles is 1. The lowest BCUT2D eigenvalue weighted by molar-refractivity contribution is 0.0421. The average Bonchev–Trinajstić information content (AvgIpc) is 2.45. The lowest BCUT2D eigenvalue weighted by Gasteiger charge is -2.16. The number of hydrogen-bond acceptors (Lipinski definition) is 6. The number of carbonyl (C=O) groups excluding carboxylic acids is 1. The number of nitrogens with zero attached hydrogens (tertiary/aromatic N) is 1. The van der Waals surface area contributed by atoms with Crippen molar-refractivity contribution in [3.8, 4) is 17.6 Å². The maximum Gasteiger partial charge on any atom is 0.509 e. The summed E-state index contributed by atoms with van der Waals surface area (Å²) in [6, 6.07) is 4.93. The maximum atomic E-state index is 11.3. The predicted octanol–water partition coefficient (Wildman–Crippen LogP) is 3.09. The van der Waals surface area contributed by atoms with Crippen molar-refractivity contribution in [3.05, 3.63) is 22.7 Å². The molecule has 0 saturated carbocycles. The SMILES string of the molecule is CCOC(=O)OC(C#N)c1ccc(OC)c(OC)c1Cl. The Morgan fingerprint density at radius 2 is 2.10 bits per heavy atom. The molecule has 1 aromatic carbocycles. The molecule has 0 fully saturated rings. The highest BCUT2D eigenvalue weighted by molar-refractivity contribution is 6.33. The van der Waals surface area contributed by atoms with Crippen LogP contribution in [0.15, 0.2) is 12.1 Å². The number of benzene rings is 1. The average molecular weight is 300 g/mol. The predicted molar refractivity (Wildman–Crippen MR) is 71.0 cm³/mol. The summed E-state index contributed by atoms with van der Waals surface area (Å²) in [5, 5.41) is 9.24. The number of hydrogen-bond donors (Lipinski definition) is 0. The van der Waals surface area contributed by atoms with Crippen LogP contribution in [-0.2, 0) is 9.47 Å². The Kier molecular flexibility index (Phi) is 5.94. The first-order valence-corrected chi connectivity index (χ1v) is 6.10. The summed E-state index contributed by atoms with van der Waals surface area (Å²) in [4.78, 5) is 11.3. The van der Waals surface area contributed by atoms with Crippen LogP contribution < -0.4 is 9.47 Å². The molecule has 0 aromatic heterocycles. The van der Waals surface area contributed by atoms with Crippen LogP contribution in [0.5, 0.6) is 11.5 Å². The van der Waals surface area contributed by atoms with Gasteiger partial charge >= 0.3 is 6.16 Å². The Labute approximate surface area is 121 Å². The van der Waals surface area contributed by atoms with Gasteiger partial charge in [0.05, 0.1) is 25.8 Å². The smallest absolute Gasteiger partial charge is 0.493 e. The topological polar surface area (TPSA) is 77.8 Å². The lowest BCUT2D eigenvalue weighted by Crippen LogP contribution is -2.12. The largest absolute Gasteiger partial charge is 0.509 e. The fourth-order valence-corrected chi connectivity index (χ4v) is 1.85. The molecule has 0 N–H and O–H groups in total. The molecule has 6 nitrogen and oxygen atoms in total. The fraction of sp³-hybridized carbons (Fsp3) is 0.385. The summed E-state index contributed by atoms with van der Waals surface area (Å²) in [6.45, 7) is 1.78. The van der Waals surface area contributed by atoms with Crippen molar-refractivity contribution >= 4 is 17.8 Å². The molecule has 0 aliphatic rings. The highest BCUT2D eigenvalue weighted by Gasteiger charge is 2.23. The quantitative estimate of drug-likeness (QED) is 0.777. The second-order valence-corrected chi connectivity index (χ2v) is 3.89. The zero-order chi connectivity index (χ0) is 15.1. The third-order valence-corrected chi connectivity index (χ3v) is 2.78. The number of carbonyl (C=O) groups is 1. The van der Waals surface area contributed by atoms with Gasteiger partial charge in [0, 0.05) is 5.56 Å². The van der Waals surface area contributed by atoms with Gasteiger partial charge in [-0.15, -0.1) is 0 Å². The van der Waals surface area contributed by atoms with E-state index in [0.717, 1.165) is 0 Å². The van der Waals surface area contributed by atoms with Gasteiger partial charge in [-0.3, -0.25) is 0 Å². The third-order valence-electron chi connectivity index (χ3n) is 2.39. The van der Waals surface area contributed by atoms with Gasteiger partial charge in [0.2, 0.25) is 6.10 Å². The Morgan fingerprint density at radius 3 is 2.60 bits per heavy atom. The van der Waals surface area contributed by atoms with E-state index in [1.807, 2.05) is 6.07 Å². The lowest BCUT2D eigenvalue weighted by atomic mass is 10.1. The van der Waals surface area contributed by atoms with Crippen molar-refractivity contribution in [2.45, 2.75) is 13.0 Å². The van der Waals surface area contributed by atoms with E-state index in [2.05, 4.69) is 4.74 Å². The molecule has 1 rings (SSSR count). The van der Waals surface area contributed by atoms with E-state index in [0.29, 0.717) is 11.3 Å². The first kappa shape index (κ1) is 15.9. The van der Waals surface area contributed by atoms with Crippen molar-refractivity contribution in [2.24, 2.45) is 0 Å². The first-order chi connectivity index (χ1) is 9.58. The van der Waals surface area contributed by atoms with Gasteiger partial charge in [-0.05, 0) is 19.1 Å². The molecule has 0 radical (unpaired) electrons. The Balaban J connectivity index is 3.11. The van der Waals surface area contributed by atoms with Crippen molar-refractivity contribution < 1.29 is 23.7 Å². The summed E-state index contributed by atoms with van der Waals surface area (Å²) in [5.74, 6) is 0.674. The molecule has 1 aromatic rings. The van der Waals surface area contributed by atoms with Gasteiger partial charge in [0.15, 0.2) is 11.5 Å². The number of methoxy groups -OCH3 is 2. The molecule has 0 aliphatic heterocycles. The zero-order valence-electron chi connectivity index (χ0n) is 11.3. The van der Waals surface area contributed by atoms with Gasteiger partial charge in [-0.2, -0.15) is 5.26 Å². The second-order valence-electron chi connectivity index (χ2n) is 3.51. The highest BCUT2D eigenvalue weighted by Crippen LogP contribution is 2.40. The van der Waals surface area contributed by atoms with Crippen LogP contribution in [0.25, 0.3) is 0 Å². The van der Waals surface area contributed by atoms with E-state index < -0.39 is 12.3 Å². The molecule has 0 amide bonds. The van der Waals surface area contributed by atoms with E-state index in [9.17, 15) is 4.79 Å². The van der Waals surface area contributed by atoms with Crippen LogP contribution in [0.3, 0.4) is 0 Å². The third kappa shape index (κ3) is 3.45. The number of rotatable bonds is 5. The molecule has 108 valence electrons. The minimum atomic E-state index is -1.19. The van der Waals surface area contributed by atoms with Crippen molar-refractivity contribution in [1.29, 1.82) is 5.26 Å². The summed E-state index contributed by atoms with van der Waals surface area (Å²) in [7, 11) is 2.88. The van der Waals surface area contributed by atoms with Crippen LogP contribution in [-0.4, -0.2) is 27.0 Å². The van der Waals surface area contributed by atoms with E-state index in [4.69, 9.17) is 31.1 Å². The maximum absolute atomic E-state index is 11.3. The van der Waals surface area contributed by atoms with E-state index in [1.165, 1.54) is 20.3 Å². The van der Waals surface area contributed by atoms with Gasteiger partial charge in [0.1, 0.15) is 6.07 Å². The number of ether oxygens (including phenoxy) is 4. The van der Waals surface area contributed by atoms with Gasteiger partial charge in [-0.1, -0.05) is 11.6 Å². The highest BCUT2D eigenvalue weighted by atomic mass is 35.5. The van der Waals surface area contributed by atoms with Crippen LogP contribution >= 0.6 is 11.6 Å². The van der Waals surface area contributed by atoms with Crippen molar-refractivity contribution in [2.75, 3.05) is 20.8 Å². The zero-order valence-corrected chi connectivity index (χ0v) is 12.1. The molecule has 0 saturated heterocycles. The van der Waals surface area contributed by atoms with E-state index in [-0.39, 0.29) is 17.4 Å². The molecule has 1 atom stereocenters. The Morgan fingerprint density at radius 1 is 1.40 bits per heavy atom. The standard InChI is InChI=1S/C13H14ClNO5/c1-4-19-13(16)20-10(7-15)8-5-6-9(17-2)12(18-3)11(8)14/h5-6,10H,4H2,1-3H3. The summed E-state index contributed by atoms with van der Waals surface area (Å²) in [6.07, 6.45) is -2.13. The minimum absolute atomic E-state index is 0.141. The minimum Gasteiger partial charge on any atom is -0.493 e. The first-order valence-electron chi connectivity index (χ1n) is 5.72. The second kappa shape index (κ2) is 7.46. The molecular formula is C13H14ClNO5. The van der Waals surface area contributed by atoms with Crippen LogP contribution in [0.1, 0.15) is 18.6 Å². The van der Waals surface area contributed by atoms with Gasteiger partial charge in [-0.25, -0.2) is 4.79 Å². The normalized spacial score (nSPS) is 11.2. The Bertz CT molecular complexity index is 526. The molecule has 0 heterocycles. The summed E-state index contributed by atoms with van der Waals surface area (Å²) in [5.41, 5.74) is 0.292. The monoisotopic (exact) mass is 299 g/mol. The van der Waals surface area contributed by atoms with Gasteiger partial charge < -0.3 is 18.9 Å². The molecule has 0 spiro atoms.